The Hall–Kier alpha value is -1.73. The van der Waals surface area contributed by atoms with Crippen LogP contribution in [0, 0.1) is 0 Å². The Morgan fingerprint density at radius 3 is 1.19 bits per heavy atom. The van der Waals surface area contributed by atoms with E-state index in [1.807, 2.05) is 0 Å². The number of hydrogen-bond donors (Lipinski definition) is 20. The Morgan fingerprint density at radius 1 is 0.343 bits per heavy atom. The minimum absolute atomic E-state index is 0.931. The molecule has 30 atom stereocenters. The van der Waals surface area contributed by atoms with Gasteiger partial charge in [0.25, 0.3) is 0 Å². The molecular weight excluding hydrogens is 966 g/mol. The van der Waals surface area contributed by atoms with Gasteiger partial charge in [-0.25, -0.2) is 0 Å². The molecule has 6 fully saturated rings. The van der Waals surface area contributed by atoms with Crippen molar-refractivity contribution in [3.63, 3.8) is 0 Å². The van der Waals surface area contributed by atoms with Crippen molar-refractivity contribution in [2.75, 3.05) is 39.6 Å². The third-order valence-electron chi connectivity index (χ3n) is 12.8. The molecule has 70 heavy (non-hydrogen) atoms. The topological polar surface area (TPSA) is 515 Å². The SMILES string of the molecule is CC(=O)N[C@H]1[C@H](O[C@H]2[C@@H](O)[C@@H](CO)O[C@@H](O[C@H]3[C@H](O)[C@@H](O)C(O)O[C@@H]3CO)[C@@H]2O)O[C@H](CO)[C@@H](O[C@@H]2O[C@@H](CO)[C@@H](O)[C@@H](O)[C@@H]2O)[C@@H]1O[C@@H]1O[C@H](CO)[C@H](O)[C@H](O)[C@H]1O[C@@H]1O[C@@H](CO)[C@@H](O)[C@@H](O)[C@@H]1O. The molecule has 20 N–H and O–H groups in total. The highest BCUT2D eigenvalue weighted by molar-refractivity contribution is 5.73. The number of carbonyl (C=O) groups excluding carboxylic acids is 1. The zero-order valence-corrected chi connectivity index (χ0v) is 37.0. The van der Waals surface area contributed by atoms with Crippen LogP contribution in [0.15, 0.2) is 0 Å². The molecule has 408 valence electrons. The largest absolute Gasteiger partial charge is 0.394 e. The quantitative estimate of drug-likeness (QED) is 0.0643. The average Bonchev–Trinajstić information content (AvgIpc) is 3.34. The second-order valence-electron chi connectivity index (χ2n) is 17.5. The van der Waals surface area contributed by atoms with Crippen LogP contribution in [-0.4, -0.2) is 327 Å². The van der Waals surface area contributed by atoms with E-state index in [1.165, 1.54) is 0 Å². The van der Waals surface area contributed by atoms with Crippen LogP contribution in [0.2, 0.25) is 0 Å². The van der Waals surface area contributed by atoms with E-state index in [1.54, 1.807) is 0 Å². The molecule has 6 aliphatic rings. The minimum atomic E-state index is -2.23. The first-order valence-electron chi connectivity index (χ1n) is 22.1. The summed E-state index contributed by atoms with van der Waals surface area (Å²) in [6.45, 7) is -5.10. The minimum Gasteiger partial charge on any atom is -0.394 e. The molecule has 6 aliphatic heterocycles. The first kappa shape index (κ1) is 57.5. The van der Waals surface area contributed by atoms with Crippen LogP contribution in [-0.2, 0) is 56.9 Å². The second-order valence-corrected chi connectivity index (χ2v) is 17.5. The lowest BCUT2D eigenvalue weighted by atomic mass is 9.93. The Labute approximate surface area is 395 Å². The second kappa shape index (κ2) is 24.7. The van der Waals surface area contributed by atoms with E-state index in [4.69, 9.17) is 52.1 Å². The van der Waals surface area contributed by atoms with Gasteiger partial charge in [-0.05, 0) is 0 Å². The Morgan fingerprint density at radius 2 is 0.700 bits per heavy atom. The molecule has 0 bridgehead atoms. The summed E-state index contributed by atoms with van der Waals surface area (Å²) in [6.07, 6.45) is -57.4. The predicted molar refractivity (Wildman–Crippen MR) is 211 cm³/mol. The molecule has 0 aromatic carbocycles. The Kier molecular flexibility index (Phi) is 20.3. The van der Waals surface area contributed by atoms with Gasteiger partial charge in [-0.2, -0.15) is 0 Å². The lowest BCUT2D eigenvalue weighted by Gasteiger charge is -2.52. The maximum Gasteiger partial charge on any atom is 0.217 e. The van der Waals surface area contributed by atoms with E-state index >= 15 is 0 Å². The normalized spacial score (nSPS) is 51.5. The third kappa shape index (κ3) is 11.9. The van der Waals surface area contributed by atoms with Gasteiger partial charge < -0.3 is 154 Å². The van der Waals surface area contributed by atoms with E-state index in [9.17, 15) is 102 Å². The van der Waals surface area contributed by atoms with E-state index in [0.29, 0.717) is 0 Å². The number of aliphatic hydroxyl groups is 19. The molecule has 6 rings (SSSR count). The monoisotopic (exact) mass is 1030 g/mol. The van der Waals surface area contributed by atoms with Crippen molar-refractivity contribution < 1.29 is 154 Å². The summed E-state index contributed by atoms with van der Waals surface area (Å²) in [4.78, 5) is 13.1. The number of hydrogen-bond acceptors (Lipinski definition) is 31. The maximum absolute atomic E-state index is 13.1. The first-order valence-corrected chi connectivity index (χ1v) is 22.1. The molecular formula is C38H65NO31. The highest BCUT2D eigenvalue weighted by atomic mass is 16.8. The molecule has 1 unspecified atom stereocenters. The molecule has 6 heterocycles. The van der Waals surface area contributed by atoms with Gasteiger partial charge in [0.2, 0.25) is 5.91 Å². The van der Waals surface area contributed by atoms with E-state index in [-0.39, 0.29) is 0 Å². The molecule has 6 saturated heterocycles. The fraction of sp³-hybridized carbons (Fsp3) is 0.974. The van der Waals surface area contributed by atoms with Crippen molar-refractivity contribution in [1.29, 1.82) is 0 Å². The summed E-state index contributed by atoms with van der Waals surface area (Å²) >= 11 is 0. The summed E-state index contributed by atoms with van der Waals surface area (Å²) in [5, 5.41) is 204. The fourth-order valence-corrected chi connectivity index (χ4v) is 8.89. The van der Waals surface area contributed by atoms with Crippen LogP contribution >= 0.6 is 0 Å². The molecule has 32 nitrogen and oxygen atoms in total. The number of rotatable bonds is 17. The molecule has 0 radical (unpaired) electrons. The van der Waals surface area contributed by atoms with Gasteiger partial charge in [0, 0.05) is 6.92 Å². The Bertz CT molecular complexity index is 1620. The molecule has 0 aromatic rings. The van der Waals surface area contributed by atoms with Gasteiger partial charge in [-0.15, -0.1) is 0 Å². The van der Waals surface area contributed by atoms with Gasteiger partial charge in [0.05, 0.1) is 39.6 Å². The lowest BCUT2D eigenvalue weighted by Crippen LogP contribution is -2.71. The van der Waals surface area contributed by atoms with E-state index in [0.717, 1.165) is 6.92 Å². The zero-order valence-electron chi connectivity index (χ0n) is 37.0. The summed E-state index contributed by atoms with van der Waals surface area (Å²) < 4.78 is 63.4. The van der Waals surface area contributed by atoms with Crippen molar-refractivity contribution in [2.45, 2.75) is 191 Å². The van der Waals surface area contributed by atoms with Crippen molar-refractivity contribution in [2.24, 2.45) is 0 Å². The summed E-state index contributed by atoms with van der Waals surface area (Å²) in [7, 11) is 0. The van der Waals surface area contributed by atoms with Crippen molar-refractivity contribution in [1.82, 2.24) is 5.32 Å². The number of carbonyl (C=O) groups is 1. The predicted octanol–water partition coefficient (Wildman–Crippen LogP) is -14.0. The highest BCUT2D eigenvalue weighted by Crippen LogP contribution is 2.38. The number of ether oxygens (including phenoxy) is 11. The average molecular weight is 1030 g/mol. The maximum atomic E-state index is 13.1. The number of amides is 1. The zero-order chi connectivity index (χ0) is 51.6. The molecule has 0 spiro atoms. The van der Waals surface area contributed by atoms with Gasteiger partial charge in [0.1, 0.15) is 146 Å². The van der Waals surface area contributed by atoms with Gasteiger partial charge in [-0.3, -0.25) is 4.79 Å². The van der Waals surface area contributed by atoms with Crippen LogP contribution in [0.1, 0.15) is 6.92 Å². The third-order valence-corrected chi connectivity index (χ3v) is 12.8. The number of aliphatic hydroxyl groups excluding tert-OH is 19. The first-order chi connectivity index (χ1) is 33.2. The fourth-order valence-electron chi connectivity index (χ4n) is 8.89. The van der Waals surface area contributed by atoms with Gasteiger partial charge >= 0.3 is 0 Å². The summed E-state index contributed by atoms with van der Waals surface area (Å²) in [5.41, 5.74) is 0. The molecule has 0 aromatic heterocycles. The van der Waals surface area contributed by atoms with Crippen LogP contribution in [0.3, 0.4) is 0 Å². The van der Waals surface area contributed by atoms with E-state index < -0.39 is 230 Å². The van der Waals surface area contributed by atoms with Crippen molar-refractivity contribution >= 4 is 5.91 Å². The molecule has 1 amide bonds. The smallest absolute Gasteiger partial charge is 0.217 e. The van der Waals surface area contributed by atoms with Crippen molar-refractivity contribution in [3.8, 4) is 0 Å². The van der Waals surface area contributed by atoms with Gasteiger partial charge in [0.15, 0.2) is 37.7 Å². The lowest BCUT2D eigenvalue weighted by molar-refractivity contribution is -0.401. The van der Waals surface area contributed by atoms with Gasteiger partial charge in [-0.1, -0.05) is 0 Å². The summed E-state index contributed by atoms with van der Waals surface area (Å²) in [6, 6.07) is -1.94. The Balaban J connectivity index is 1.40. The summed E-state index contributed by atoms with van der Waals surface area (Å²) in [5.74, 6) is -0.947. The van der Waals surface area contributed by atoms with Crippen LogP contribution in [0.4, 0.5) is 0 Å². The molecule has 32 heteroatoms. The van der Waals surface area contributed by atoms with Crippen LogP contribution in [0.5, 0.6) is 0 Å². The molecule has 0 aliphatic carbocycles. The standard InChI is InChI=1S/C38H65NO31/c1-8(46)39-15-30(68-38-32(22(53)18(49)11(4-42)64-38)70-36-26(57)21(52)17(48)10(3-41)62-36)29(67-35-25(56)20(51)16(47)9(2-40)61-35)14(7-45)65-34(15)69-31-19(50)12(5-43)63-37(27(31)58)66-28-13(6-44)60-33(59)24(55)23(28)54/h9-38,40-45,47-59H,2-7H2,1H3,(H,39,46)/t9-,10-,11+,12+,13+,14+,15+,16+,17+,18-,19-,20+,21+,22-,23+,24+,25-,26-,27+,28+,29+,30+,31-,32+,33?,34-,35-,36-,37-,38-/m0/s1. The highest BCUT2D eigenvalue weighted by Gasteiger charge is 2.59. The van der Waals surface area contributed by atoms with Crippen LogP contribution < -0.4 is 5.32 Å². The van der Waals surface area contributed by atoms with E-state index in [2.05, 4.69) is 5.32 Å². The van der Waals surface area contributed by atoms with Crippen LogP contribution in [0.25, 0.3) is 0 Å². The number of nitrogens with one attached hydrogen (secondary N) is 1. The molecule has 0 saturated carbocycles. The van der Waals surface area contributed by atoms with Crippen molar-refractivity contribution in [3.05, 3.63) is 0 Å².